The fourth-order valence-electron chi connectivity index (χ4n) is 3.54. The molecule has 0 aliphatic heterocycles. The summed E-state index contributed by atoms with van der Waals surface area (Å²) in [5.41, 5.74) is 5.95. The number of pyridine rings is 1. The van der Waals surface area contributed by atoms with E-state index in [0.717, 1.165) is 47.6 Å². The van der Waals surface area contributed by atoms with Gasteiger partial charge in [-0.2, -0.15) is 13.2 Å². The van der Waals surface area contributed by atoms with Crippen LogP contribution in [0.1, 0.15) is 23.2 Å². The number of fused-ring (bicyclic) bond motifs is 1. The molecule has 1 aliphatic rings. The number of hydrogen-bond acceptors (Lipinski definition) is 2. The second-order valence-corrected chi connectivity index (χ2v) is 7.39. The molecule has 144 valence electrons. The van der Waals surface area contributed by atoms with Crippen LogP contribution in [0.3, 0.4) is 0 Å². The van der Waals surface area contributed by atoms with E-state index in [9.17, 15) is 13.2 Å². The van der Waals surface area contributed by atoms with E-state index in [4.69, 9.17) is 16.6 Å². The van der Waals surface area contributed by atoms with Gasteiger partial charge in [0.25, 0.3) is 0 Å². The molecule has 2 aromatic carbocycles. The van der Waals surface area contributed by atoms with Crippen molar-refractivity contribution in [3.05, 3.63) is 76.4 Å². The van der Waals surface area contributed by atoms with Crippen molar-refractivity contribution in [2.75, 3.05) is 5.32 Å². The molecule has 0 unspecified atom stereocenters. The van der Waals surface area contributed by atoms with Gasteiger partial charge in [0, 0.05) is 27.7 Å². The van der Waals surface area contributed by atoms with E-state index in [2.05, 4.69) is 5.32 Å². The maximum atomic E-state index is 12.5. The topological polar surface area (TPSA) is 24.9 Å². The van der Waals surface area contributed by atoms with Crippen molar-refractivity contribution >= 4 is 23.0 Å². The van der Waals surface area contributed by atoms with Gasteiger partial charge < -0.3 is 5.32 Å². The third kappa shape index (κ3) is 4.30. The third-order valence-corrected chi connectivity index (χ3v) is 5.04. The van der Waals surface area contributed by atoms with Gasteiger partial charge in [0.05, 0.1) is 12.1 Å². The van der Waals surface area contributed by atoms with E-state index in [1.165, 1.54) is 17.7 Å². The summed E-state index contributed by atoms with van der Waals surface area (Å²) in [5, 5.41) is 4.01. The first-order chi connectivity index (χ1) is 13.4. The number of aryl methyl sites for hydroxylation is 1. The number of anilines is 2. The fraction of sp³-hybridized carbons (Fsp3) is 0.227. The van der Waals surface area contributed by atoms with Gasteiger partial charge in [-0.1, -0.05) is 35.9 Å². The van der Waals surface area contributed by atoms with Crippen molar-refractivity contribution in [1.29, 1.82) is 0 Å². The van der Waals surface area contributed by atoms with E-state index in [-0.39, 0.29) is 5.56 Å². The zero-order valence-electron chi connectivity index (χ0n) is 15.0. The first-order valence-corrected chi connectivity index (χ1v) is 9.47. The normalized spacial score (nSPS) is 13.4. The van der Waals surface area contributed by atoms with Crippen molar-refractivity contribution in [2.45, 2.75) is 31.9 Å². The summed E-state index contributed by atoms with van der Waals surface area (Å²) in [6.07, 6.45) is -2.22. The summed E-state index contributed by atoms with van der Waals surface area (Å²) in [4.78, 5) is 4.80. The Morgan fingerprint density at radius 1 is 1.00 bits per heavy atom. The molecule has 1 aliphatic carbocycles. The predicted octanol–water partition coefficient (Wildman–Crippen LogP) is 6.74. The first kappa shape index (κ1) is 18.8. The van der Waals surface area contributed by atoms with Crippen LogP contribution < -0.4 is 5.32 Å². The summed E-state index contributed by atoms with van der Waals surface area (Å²) < 4.78 is 37.6. The quantitative estimate of drug-likeness (QED) is 0.522. The molecule has 0 fully saturated rings. The highest BCUT2D eigenvalue weighted by Crippen LogP contribution is 2.34. The Hall–Kier alpha value is -2.53. The lowest BCUT2D eigenvalue weighted by Gasteiger charge is -2.14. The summed E-state index contributed by atoms with van der Waals surface area (Å²) >= 11 is 6.12. The second-order valence-electron chi connectivity index (χ2n) is 6.96. The Morgan fingerprint density at radius 3 is 2.50 bits per heavy atom. The van der Waals surface area contributed by atoms with Crippen LogP contribution in [0.15, 0.2) is 54.6 Å². The summed E-state index contributed by atoms with van der Waals surface area (Å²) in [6, 6.07) is 15.9. The Bertz CT molecular complexity index is 998. The number of halogens is 4. The molecule has 28 heavy (non-hydrogen) atoms. The Balaban J connectivity index is 1.64. The van der Waals surface area contributed by atoms with Gasteiger partial charge in [0.2, 0.25) is 0 Å². The molecule has 0 atom stereocenters. The lowest BCUT2D eigenvalue weighted by atomic mass is 10.1. The molecule has 1 aromatic heterocycles. The minimum absolute atomic E-state index is 0.248. The molecular formula is C22H18ClF3N2. The largest absolute Gasteiger partial charge is 0.393 e. The van der Waals surface area contributed by atoms with Gasteiger partial charge in [-0.05, 0) is 60.7 Å². The number of benzene rings is 2. The monoisotopic (exact) mass is 402 g/mol. The maximum absolute atomic E-state index is 12.5. The summed E-state index contributed by atoms with van der Waals surface area (Å²) in [7, 11) is 0. The molecular weight excluding hydrogens is 385 g/mol. The van der Waals surface area contributed by atoms with Crippen LogP contribution in [0.5, 0.6) is 0 Å². The molecule has 6 heteroatoms. The van der Waals surface area contributed by atoms with Crippen LogP contribution in [-0.2, 0) is 19.3 Å². The number of hydrogen-bond donors (Lipinski definition) is 1. The van der Waals surface area contributed by atoms with Crippen LogP contribution in [-0.4, -0.2) is 11.2 Å². The van der Waals surface area contributed by atoms with Crippen LogP contribution in [0.25, 0.3) is 11.3 Å². The van der Waals surface area contributed by atoms with Gasteiger partial charge in [-0.25, -0.2) is 0 Å². The Labute approximate surface area is 166 Å². The number of nitrogens with one attached hydrogen (secondary N) is 1. The highest BCUT2D eigenvalue weighted by molar-refractivity contribution is 6.30. The lowest BCUT2D eigenvalue weighted by molar-refractivity contribution is -0.127. The molecule has 0 radical (unpaired) electrons. The fourth-order valence-corrected chi connectivity index (χ4v) is 3.73. The molecule has 4 rings (SSSR count). The average molecular weight is 403 g/mol. The zero-order chi connectivity index (χ0) is 19.7. The molecule has 3 aromatic rings. The SMILES string of the molecule is FC(F)(F)Cc1ccc(Nc2cc(-c3cccc(Cl)c3)nc3c2CCC3)cc1. The van der Waals surface area contributed by atoms with Crippen LogP contribution >= 0.6 is 11.6 Å². The van der Waals surface area contributed by atoms with E-state index in [0.29, 0.717) is 5.02 Å². The molecule has 1 N–H and O–H groups in total. The van der Waals surface area contributed by atoms with Crippen molar-refractivity contribution in [1.82, 2.24) is 4.98 Å². The minimum atomic E-state index is -4.20. The molecule has 0 saturated heterocycles. The van der Waals surface area contributed by atoms with Crippen molar-refractivity contribution in [3.63, 3.8) is 0 Å². The van der Waals surface area contributed by atoms with Crippen LogP contribution in [0, 0.1) is 0 Å². The smallest absolute Gasteiger partial charge is 0.355 e. The first-order valence-electron chi connectivity index (χ1n) is 9.09. The van der Waals surface area contributed by atoms with E-state index in [1.54, 1.807) is 12.1 Å². The average Bonchev–Trinajstić information content (AvgIpc) is 3.11. The molecule has 0 spiro atoms. The van der Waals surface area contributed by atoms with Crippen molar-refractivity contribution in [2.24, 2.45) is 0 Å². The van der Waals surface area contributed by atoms with Crippen molar-refractivity contribution < 1.29 is 13.2 Å². The van der Waals surface area contributed by atoms with E-state index in [1.807, 2.05) is 30.3 Å². The molecule has 0 bridgehead atoms. The highest BCUT2D eigenvalue weighted by Gasteiger charge is 2.27. The second kappa shape index (κ2) is 7.47. The van der Waals surface area contributed by atoms with Crippen LogP contribution in [0.2, 0.25) is 5.02 Å². The standard InChI is InChI=1S/C22H18ClF3N2/c23-16-4-1-3-15(11-16)20-12-21(18-5-2-6-19(18)28-20)27-17-9-7-14(8-10-17)13-22(24,25)26/h1,3-4,7-12H,2,5-6,13H2,(H,27,28). The molecule has 0 saturated carbocycles. The maximum Gasteiger partial charge on any atom is 0.393 e. The van der Waals surface area contributed by atoms with Gasteiger partial charge in [0.1, 0.15) is 0 Å². The van der Waals surface area contributed by atoms with E-state index < -0.39 is 12.6 Å². The minimum Gasteiger partial charge on any atom is -0.355 e. The van der Waals surface area contributed by atoms with Crippen LogP contribution in [0.4, 0.5) is 24.5 Å². The number of aromatic nitrogens is 1. The van der Waals surface area contributed by atoms with Gasteiger partial charge in [-0.15, -0.1) is 0 Å². The van der Waals surface area contributed by atoms with Crippen molar-refractivity contribution in [3.8, 4) is 11.3 Å². The predicted molar refractivity (Wildman–Crippen MR) is 106 cm³/mol. The molecule has 2 nitrogen and oxygen atoms in total. The lowest BCUT2D eigenvalue weighted by Crippen LogP contribution is -2.11. The highest BCUT2D eigenvalue weighted by atomic mass is 35.5. The molecule has 0 amide bonds. The third-order valence-electron chi connectivity index (χ3n) is 4.81. The van der Waals surface area contributed by atoms with Gasteiger partial charge >= 0.3 is 6.18 Å². The number of alkyl halides is 3. The number of rotatable bonds is 4. The zero-order valence-corrected chi connectivity index (χ0v) is 15.7. The molecule has 1 heterocycles. The summed E-state index contributed by atoms with van der Waals surface area (Å²) in [6.45, 7) is 0. The van der Waals surface area contributed by atoms with E-state index >= 15 is 0 Å². The summed E-state index contributed by atoms with van der Waals surface area (Å²) in [5.74, 6) is 0. The Kier molecular flexibility index (Phi) is 5.02. The Morgan fingerprint density at radius 2 is 1.79 bits per heavy atom. The number of nitrogens with zero attached hydrogens (tertiary/aromatic N) is 1. The van der Waals surface area contributed by atoms with Gasteiger partial charge in [-0.3, -0.25) is 4.98 Å². The van der Waals surface area contributed by atoms with Gasteiger partial charge in [0.15, 0.2) is 0 Å².